The summed E-state index contributed by atoms with van der Waals surface area (Å²) in [5, 5.41) is 4.58. The Kier molecular flexibility index (Phi) is 15.9. The van der Waals surface area contributed by atoms with Gasteiger partial charge < -0.3 is 0 Å². The van der Waals surface area contributed by atoms with Crippen molar-refractivity contribution in [3.05, 3.63) is 35.7 Å². The maximum absolute atomic E-state index is 6.69. The van der Waals surface area contributed by atoms with Gasteiger partial charge in [-0.25, -0.2) is 0 Å². The summed E-state index contributed by atoms with van der Waals surface area (Å²) in [5.74, 6) is 2.07. The van der Waals surface area contributed by atoms with Crippen LogP contribution in [0.5, 0.6) is 11.5 Å². The standard InChI is InChI=1S/C40H56N2O2S2Se/c1-3-5-7-9-11-13-15-17-19-21-27-43-37-32-26-29-45-39(32)38(44-28-22-20-18-16-14-12-10-8-6-4-2)33-30-35(46-40(33)37)31-24-23-25-34-36(31)42-47-41-34/h23-26,29-30H,3-22,27-28H2,1-2H3. The number of nitrogens with zero attached hydrogens (tertiary/aromatic N) is 2. The van der Waals surface area contributed by atoms with E-state index in [1.54, 1.807) is 11.3 Å². The zero-order chi connectivity index (χ0) is 32.5. The normalized spacial score (nSPS) is 11.8. The van der Waals surface area contributed by atoms with Gasteiger partial charge >= 0.3 is 196 Å². The number of aromatic nitrogens is 2. The zero-order valence-corrected chi connectivity index (χ0v) is 32.3. The molecule has 0 saturated carbocycles. The van der Waals surface area contributed by atoms with Crippen LogP contribution in [0.15, 0.2) is 35.7 Å². The molecule has 5 rings (SSSR count). The molecule has 3 heterocycles. The van der Waals surface area contributed by atoms with Crippen molar-refractivity contribution >= 4 is 68.8 Å². The molecule has 0 N–H and O–H groups in total. The molecule has 0 atom stereocenters. The van der Waals surface area contributed by atoms with Gasteiger partial charge in [0.2, 0.25) is 0 Å². The summed E-state index contributed by atoms with van der Waals surface area (Å²) in [6.07, 6.45) is 26.6. The average molecular weight is 740 g/mol. The summed E-state index contributed by atoms with van der Waals surface area (Å²) < 4.78 is 25.3. The van der Waals surface area contributed by atoms with Crippen LogP contribution in [-0.4, -0.2) is 36.1 Å². The van der Waals surface area contributed by atoms with Crippen LogP contribution in [0, 0.1) is 0 Å². The first kappa shape index (κ1) is 36.4. The number of benzene rings is 2. The Morgan fingerprint density at radius 2 is 1.15 bits per heavy atom. The third kappa shape index (κ3) is 10.5. The number of thiophene rings is 2. The molecule has 2 aromatic carbocycles. The van der Waals surface area contributed by atoms with Crippen LogP contribution in [0.3, 0.4) is 0 Å². The van der Waals surface area contributed by atoms with Gasteiger partial charge in [-0.2, -0.15) is 0 Å². The second-order valence-corrected chi connectivity index (χ2v) is 16.3. The summed E-state index contributed by atoms with van der Waals surface area (Å²) in [5.41, 5.74) is 3.24. The summed E-state index contributed by atoms with van der Waals surface area (Å²) in [7, 11) is 0. The van der Waals surface area contributed by atoms with Gasteiger partial charge in [0, 0.05) is 0 Å². The molecule has 7 heteroatoms. The summed E-state index contributed by atoms with van der Waals surface area (Å²) >= 11 is 3.55. The van der Waals surface area contributed by atoms with E-state index < -0.39 is 0 Å². The maximum atomic E-state index is 6.69. The SMILES string of the molecule is CCCCCCCCCCCCOc1c2cc(-c3cccc4n[se]nc34)sc2c(OCCCCCCCCCCCC)c2ccsc12. The Morgan fingerprint density at radius 3 is 1.74 bits per heavy atom. The Labute approximate surface area is 297 Å². The predicted octanol–water partition coefficient (Wildman–Crippen LogP) is 13.4. The number of unbranched alkanes of at least 4 members (excludes halogenated alkanes) is 18. The van der Waals surface area contributed by atoms with Crippen molar-refractivity contribution in [2.24, 2.45) is 0 Å². The van der Waals surface area contributed by atoms with Crippen LogP contribution < -0.4 is 9.47 Å². The van der Waals surface area contributed by atoms with Crippen molar-refractivity contribution in [3.63, 3.8) is 0 Å². The van der Waals surface area contributed by atoms with Gasteiger partial charge in [-0.15, -0.1) is 0 Å². The van der Waals surface area contributed by atoms with Gasteiger partial charge in [0.05, 0.1) is 0 Å². The first-order chi connectivity index (χ1) is 23.3. The minimum atomic E-state index is -0.0512. The van der Waals surface area contributed by atoms with Crippen molar-refractivity contribution in [1.82, 2.24) is 7.96 Å². The molecule has 0 amide bonds. The van der Waals surface area contributed by atoms with E-state index in [4.69, 9.17) is 13.5 Å². The first-order valence-electron chi connectivity index (χ1n) is 18.8. The molecular formula is C40H56N2O2S2Se. The zero-order valence-electron chi connectivity index (χ0n) is 29.0. The van der Waals surface area contributed by atoms with Crippen molar-refractivity contribution in [1.29, 1.82) is 0 Å². The number of hydrogen-bond acceptors (Lipinski definition) is 6. The van der Waals surface area contributed by atoms with Gasteiger partial charge in [0.15, 0.2) is 0 Å². The fraction of sp³-hybridized carbons (Fsp3) is 0.600. The molecule has 0 aliphatic carbocycles. The van der Waals surface area contributed by atoms with Crippen LogP contribution in [0.1, 0.15) is 142 Å². The summed E-state index contributed by atoms with van der Waals surface area (Å²) in [4.78, 5) is 1.22. The van der Waals surface area contributed by atoms with E-state index in [9.17, 15) is 0 Å². The summed E-state index contributed by atoms with van der Waals surface area (Å²) in [6, 6.07) is 11.0. The Hall–Kier alpha value is -1.92. The average Bonchev–Trinajstić information content (AvgIpc) is 3.87. The van der Waals surface area contributed by atoms with Crippen LogP contribution in [-0.2, 0) is 0 Å². The van der Waals surface area contributed by atoms with E-state index in [0.717, 1.165) is 48.6 Å². The van der Waals surface area contributed by atoms with Gasteiger partial charge in [0.1, 0.15) is 0 Å². The van der Waals surface area contributed by atoms with E-state index >= 15 is 0 Å². The number of fused-ring (bicyclic) bond motifs is 3. The molecule has 0 fully saturated rings. The second kappa shape index (κ2) is 20.6. The number of hydrogen-bond donors (Lipinski definition) is 0. The first-order valence-corrected chi connectivity index (χ1v) is 22.0. The van der Waals surface area contributed by atoms with Crippen molar-refractivity contribution in [3.8, 4) is 21.9 Å². The van der Waals surface area contributed by atoms with Crippen LogP contribution in [0.4, 0.5) is 0 Å². The summed E-state index contributed by atoms with van der Waals surface area (Å²) in [6.45, 7) is 6.11. The fourth-order valence-electron chi connectivity index (χ4n) is 6.59. The quantitative estimate of drug-likeness (QED) is 0.0442. The van der Waals surface area contributed by atoms with Gasteiger partial charge in [0.25, 0.3) is 0 Å². The molecule has 47 heavy (non-hydrogen) atoms. The van der Waals surface area contributed by atoms with Crippen molar-refractivity contribution in [2.75, 3.05) is 13.2 Å². The third-order valence-electron chi connectivity index (χ3n) is 9.34. The fourth-order valence-corrected chi connectivity index (χ4v) is 9.84. The van der Waals surface area contributed by atoms with E-state index in [2.05, 4.69) is 53.5 Å². The molecule has 0 unspecified atom stereocenters. The predicted molar refractivity (Wildman–Crippen MR) is 207 cm³/mol. The molecule has 0 spiro atoms. The van der Waals surface area contributed by atoms with Gasteiger partial charge in [-0.05, 0) is 0 Å². The van der Waals surface area contributed by atoms with E-state index in [0.29, 0.717) is 0 Å². The Morgan fingerprint density at radius 1 is 0.596 bits per heavy atom. The number of rotatable bonds is 25. The molecule has 5 aromatic rings. The van der Waals surface area contributed by atoms with Crippen LogP contribution in [0.2, 0.25) is 0 Å². The Balaban J connectivity index is 1.24. The van der Waals surface area contributed by atoms with Crippen LogP contribution >= 0.6 is 22.7 Å². The Bertz CT molecular complexity index is 1530. The monoisotopic (exact) mass is 740 g/mol. The molecule has 0 bridgehead atoms. The molecule has 0 aliphatic rings. The van der Waals surface area contributed by atoms with E-state index in [1.807, 2.05) is 11.3 Å². The molecule has 0 radical (unpaired) electrons. The van der Waals surface area contributed by atoms with E-state index in [-0.39, 0.29) is 15.0 Å². The molecular weight excluding hydrogens is 684 g/mol. The minimum absolute atomic E-state index is 0.0512. The number of ether oxygens (including phenoxy) is 2. The second-order valence-electron chi connectivity index (χ2n) is 13.2. The van der Waals surface area contributed by atoms with Gasteiger partial charge in [-0.1, -0.05) is 104 Å². The van der Waals surface area contributed by atoms with E-state index in [1.165, 1.54) is 146 Å². The van der Waals surface area contributed by atoms with Crippen molar-refractivity contribution in [2.45, 2.75) is 142 Å². The van der Waals surface area contributed by atoms with Gasteiger partial charge in [-0.3, -0.25) is 0 Å². The third-order valence-corrected chi connectivity index (χ3v) is 12.6. The van der Waals surface area contributed by atoms with Crippen molar-refractivity contribution < 1.29 is 9.47 Å². The molecule has 256 valence electrons. The topological polar surface area (TPSA) is 44.2 Å². The molecule has 0 aliphatic heterocycles. The molecule has 3 aromatic heterocycles. The molecule has 4 nitrogen and oxygen atoms in total. The molecule has 0 saturated heterocycles. The van der Waals surface area contributed by atoms with Crippen LogP contribution in [0.25, 0.3) is 41.6 Å².